The second-order valence-corrected chi connectivity index (χ2v) is 3.91. The number of benzene rings is 1. The van der Waals surface area contributed by atoms with E-state index < -0.39 is 0 Å². The molecule has 0 spiro atoms. The summed E-state index contributed by atoms with van der Waals surface area (Å²) < 4.78 is 5.42. The van der Waals surface area contributed by atoms with Gasteiger partial charge in [0.05, 0.1) is 13.8 Å². The Bertz CT molecular complexity index is 339. The first-order valence-electron chi connectivity index (χ1n) is 5.47. The van der Waals surface area contributed by atoms with Crippen LogP contribution in [0.1, 0.15) is 16.7 Å². The smallest absolute Gasteiger partial charge is 0.125 e. The predicted molar refractivity (Wildman–Crippen MR) is 66.4 cm³/mol. The minimum absolute atomic E-state index is 0.618. The normalized spacial score (nSPS) is 10.5. The highest BCUT2D eigenvalue weighted by Crippen LogP contribution is 2.25. The molecule has 0 saturated carbocycles. The van der Waals surface area contributed by atoms with Crippen LogP contribution in [0.5, 0.6) is 5.75 Å². The molecule has 0 fully saturated rings. The van der Waals surface area contributed by atoms with Gasteiger partial charge in [0.25, 0.3) is 0 Å². The molecule has 90 valence electrons. The first-order chi connectivity index (χ1) is 7.69. The molecular formula is C12H21N3O. The van der Waals surface area contributed by atoms with Crippen LogP contribution in [0.3, 0.4) is 0 Å². The van der Waals surface area contributed by atoms with Crippen LogP contribution in [-0.4, -0.2) is 20.3 Å². The summed E-state index contributed by atoms with van der Waals surface area (Å²) >= 11 is 0. The molecule has 0 unspecified atom stereocenters. The van der Waals surface area contributed by atoms with E-state index in [0.29, 0.717) is 6.67 Å². The van der Waals surface area contributed by atoms with E-state index in [0.717, 1.165) is 18.7 Å². The van der Waals surface area contributed by atoms with Crippen molar-refractivity contribution in [2.75, 3.05) is 20.3 Å². The van der Waals surface area contributed by atoms with Gasteiger partial charge in [-0.1, -0.05) is 17.7 Å². The summed E-state index contributed by atoms with van der Waals surface area (Å²) in [6.45, 7) is 5.67. The van der Waals surface area contributed by atoms with Gasteiger partial charge in [0.2, 0.25) is 0 Å². The number of aryl methyl sites for hydroxylation is 2. The van der Waals surface area contributed by atoms with Crippen molar-refractivity contribution in [3.8, 4) is 5.75 Å². The van der Waals surface area contributed by atoms with Gasteiger partial charge in [0.15, 0.2) is 0 Å². The van der Waals surface area contributed by atoms with Gasteiger partial charge in [-0.3, -0.25) is 5.84 Å². The van der Waals surface area contributed by atoms with Crippen molar-refractivity contribution >= 4 is 0 Å². The Morgan fingerprint density at radius 1 is 1.31 bits per heavy atom. The Morgan fingerprint density at radius 3 is 2.69 bits per heavy atom. The molecule has 0 aliphatic rings. The highest BCUT2D eigenvalue weighted by Gasteiger charge is 2.06. The average Bonchev–Trinajstić information content (AvgIpc) is 2.24. The van der Waals surface area contributed by atoms with Crippen molar-refractivity contribution in [2.24, 2.45) is 5.84 Å². The first kappa shape index (κ1) is 13.0. The topological polar surface area (TPSA) is 59.3 Å². The molecule has 16 heavy (non-hydrogen) atoms. The molecule has 4 nitrogen and oxygen atoms in total. The Labute approximate surface area is 97.1 Å². The van der Waals surface area contributed by atoms with Crippen LogP contribution in [0.4, 0.5) is 0 Å². The van der Waals surface area contributed by atoms with Crippen molar-refractivity contribution in [1.29, 1.82) is 0 Å². The Hall–Kier alpha value is -1.10. The van der Waals surface area contributed by atoms with Crippen molar-refractivity contribution < 1.29 is 4.74 Å². The maximum absolute atomic E-state index is 5.42. The Balaban J connectivity index is 2.69. The SMILES string of the molecule is COc1c(C)cc(C)cc1CCNCNN. The number of hydrazine groups is 1. The number of hydrogen-bond acceptors (Lipinski definition) is 4. The third kappa shape index (κ3) is 3.48. The third-order valence-corrected chi connectivity index (χ3v) is 2.50. The highest BCUT2D eigenvalue weighted by atomic mass is 16.5. The number of rotatable bonds is 6. The quantitative estimate of drug-likeness (QED) is 0.290. The van der Waals surface area contributed by atoms with Crippen LogP contribution < -0.4 is 21.3 Å². The lowest BCUT2D eigenvalue weighted by atomic mass is 10.0. The van der Waals surface area contributed by atoms with E-state index in [4.69, 9.17) is 10.6 Å². The third-order valence-electron chi connectivity index (χ3n) is 2.50. The van der Waals surface area contributed by atoms with Crippen molar-refractivity contribution in [3.05, 3.63) is 28.8 Å². The molecule has 0 aliphatic carbocycles. The second kappa shape index (κ2) is 6.48. The second-order valence-electron chi connectivity index (χ2n) is 3.91. The zero-order valence-electron chi connectivity index (χ0n) is 10.3. The Morgan fingerprint density at radius 2 is 2.06 bits per heavy atom. The van der Waals surface area contributed by atoms with Gasteiger partial charge in [0, 0.05) is 6.54 Å². The van der Waals surface area contributed by atoms with Crippen LogP contribution in [0.25, 0.3) is 0 Å². The van der Waals surface area contributed by atoms with Crippen molar-refractivity contribution in [2.45, 2.75) is 20.3 Å². The molecule has 1 aromatic carbocycles. The highest BCUT2D eigenvalue weighted by molar-refractivity contribution is 5.43. The number of nitrogens with one attached hydrogen (secondary N) is 2. The van der Waals surface area contributed by atoms with E-state index in [2.05, 4.69) is 36.7 Å². The standard InChI is InChI=1S/C12H21N3O/c1-9-6-10(2)12(16-3)11(7-9)4-5-14-8-15-13/h6-7,14-15H,4-5,8,13H2,1-3H3. The fraction of sp³-hybridized carbons (Fsp3) is 0.500. The monoisotopic (exact) mass is 223 g/mol. The molecule has 1 rings (SSSR count). The van der Waals surface area contributed by atoms with E-state index >= 15 is 0 Å². The summed E-state index contributed by atoms with van der Waals surface area (Å²) in [5, 5.41) is 3.18. The lowest BCUT2D eigenvalue weighted by Gasteiger charge is -2.13. The Kier molecular flexibility index (Phi) is 5.25. The first-order valence-corrected chi connectivity index (χ1v) is 5.47. The van der Waals surface area contributed by atoms with Gasteiger partial charge in [0.1, 0.15) is 5.75 Å². The minimum Gasteiger partial charge on any atom is -0.496 e. The molecule has 4 N–H and O–H groups in total. The van der Waals surface area contributed by atoms with Gasteiger partial charge < -0.3 is 10.1 Å². The minimum atomic E-state index is 0.618. The molecule has 0 saturated heterocycles. The number of methoxy groups -OCH3 is 1. The molecular weight excluding hydrogens is 202 g/mol. The van der Waals surface area contributed by atoms with Gasteiger partial charge in [-0.25, -0.2) is 5.43 Å². The summed E-state index contributed by atoms with van der Waals surface area (Å²) in [6.07, 6.45) is 0.938. The zero-order chi connectivity index (χ0) is 12.0. The van der Waals surface area contributed by atoms with Crippen LogP contribution in [0.2, 0.25) is 0 Å². The number of ether oxygens (including phenoxy) is 1. The maximum Gasteiger partial charge on any atom is 0.125 e. The molecule has 0 bridgehead atoms. The van der Waals surface area contributed by atoms with Gasteiger partial charge in [-0.05, 0) is 31.4 Å². The summed E-state index contributed by atoms with van der Waals surface area (Å²) in [4.78, 5) is 0. The van der Waals surface area contributed by atoms with Crippen LogP contribution in [0.15, 0.2) is 12.1 Å². The maximum atomic E-state index is 5.42. The molecule has 4 heteroatoms. The largest absolute Gasteiger partial charge is 0.496 e. The van der Waals surface area contributed by atoms with Gasteiger partial charge in [-0.15, -0.1) is 0 Å². The van der Waals surface area contributed by atoms with E-state index in [1.165, 1.54) is 16.7 Å². The fourth-order valence-electron chi connectivity index (χ4n) is 1.90. The van der Waals surface area contributed by atoms with Crippen LogP contribution in [-0.2, 0) is 6.42 Å². The molecule has 0 aliphatic heterocycles. The zero-order valence-corrected chi connectivity index (χ0v) is 10.3. The van der Waals surface area contributed by atoms with E-state index in [9.17, 15) is 0 Å². The molecule has 0 heterocycles. The van der Waals surface area contributed by atoms with E-state index in [-0.39, 0.29) is 0 Å². The summed E-state index contributed by atoms with van der Waals surface area (Å²) in [7, 11) is 1.72. The van der Waals surface area contributed by atoms with Gasteiger partial charge in [-0.2, -0.15) is 0 Å². The van der Waals surface area contributed by atoms with Gasteiger partial charge >= 0.3 is 0 Å². The summed E-state index contributed by atoms with van der Waals surface area (Å²) in [5.41, 5.74) is 6.26. The number of hydrogen-bond donors (Lipinski definition) is 3. The van der Waals surface area contributed by atoms with Crippen molar-refractivity contribution in [3.63, 3.8) is 0 Å². The molecule has 0 aromatic heterocycles. The lowest BCUT2D eigenvalue weighted by molar-refractivity contribution is 0.405. The number of nitrogens with two attached hydrogens (primary N) is 1. The fourth-order valence-corrected chi connectivity index (χ4v) is 1.90. The molecule has 0 radical (unpaired) electrons. The summed E-state index contributed by atoms with van der Waals surface area (Å²) in [5.74, 6) is 6.17. The van der Waals surface area contributed by atoms with Crippen molar-refractivity contribution in [1.82, 2.24) is 10.7 Å². The molecule has 0 atom stereocenters. The van der Waals surface area contributed by atoms with E-state index in [1.807, 2.05) is 0 Å². The summed E-state index contributed by atoms with van der Waals surface area (Å²) in [6, 6.07) is 4.31. The van der Waals surface area contributed by atoms with Crippen LogP contribution >= 0.6 is 0 Å². The molecule has 1 aromatic rings. The average molecular weight is 223 g/mol. The predicted octanol–water partition coefficient (Wildman–Crippen LogP) is 0.865. The lowest BCUT2D eigenvalue weighted by Crippen LogP contribution is -2.34. The van der Waals surface area contributed by atoms with E-state index in [1.54, 1.807) is 7.11 Å². The van der Waals surface area contributed by atoms with Crippen LogP contribution in [0, 0.1) is 13.8 Å². The molecule has 0 amide bonds.